The number of hydrogen-bond acceptors (Lipinski definition) is 3. The van der Waals surface area contributed by atoms with Gasteiger partial charge in [-0.05, 0) is 75.1 Å². The smallest absolute Gasteiger partial charge is 0.235 e. The van der Waals surface area contributed by atoms with E-state index in [4.69, 9.17) is 4.74 Å². The lowest BCUT2D eigenvalue weighted by Crippen LogP contribution is -2.33. The van der Waals surface area contributed by atoms with E-state index in [2.05, 4.69) is 31.0 Å². The van der Waals surface area contributed by atoms with Gasteiger partial charge in [-0.2, -0.15) is 4.99 Å². The molecule has 3 heteroatoms. The van der Waals surface area contributed by atoms with Gasteiger partial charge < -0.3 is 4.74 Å². The van der Waals surface area contributed by atoms with E-state index in [0.717, 1.165) is 37.2 Å². The summed E-state index contributed by atoms with van der Waals surface area (Å²) in [5.41, 5.74) is 3.16. The van der Waals surface area contributed by atoms with Gasteiger partial charge in [-0.3, -0.25) is 0 Å². The number of nitrogens with zero attached hydrogens (tertiary/aromatic N) is 1. The maximum absolute atomic E-state index is 10.8. The Morgan fingerprint density at radius 3 is 2.48 bits per heavy atom. The van der Waals surface area contributed by atoms with Gasteiger partial charge in [0.25, 0.3) is 0 Å². The molecule has 0 aromatic heterocycles. The molecule has 2 aliphatic rings. The van der Waals surface area contributed by atoms with Crippen LogP contribution in [0.1, 0.15) is 55.2 Å². The maximum Gasteiger partial charge on any atom is 0.235 e. The molecule has 3 nitrogen and oxygen atoms in total. The molecule has 21 heavy (non-hydrogen) atoms. The molecule has 0 unspecified atom stereocenters. The van der Waals surface area contributed by atoms with Gasteiger partial charge in [-0.25, -0.2) is 4.79 Å². The predicted molar refractivity (Wildman–Crippen MR) is 82.4 cm³/mol. The molecule has 2 fully saturated rings. The van der Waals surface area contributed by atoms with Gasteiger partial charge in [0.05, 0.1) is 6.61 Å². The van der Waals surface area contributed by atoms with E-state index in [9.17, 15) is 4.79 Å². The minimum Gasteiger partial charge on any atom is -0.493 e. The van der Waals surface area contributed by atoms with Crippen molar-refractivity contribution in [1.82, 2.24) is 0 Å². The highest BCUT2D eigenvalue weighted by atomic mass is 16.5. The fourth-order valence-corrected chi connectivity index (χ4v) is 3.18. The highest BCUT2D eigenvalue weighted by molar-refractivity contribution is 5.49. The molecule has 1 aromatic carbocycles. The van der Waals surface area contributed by atoms with Crippen LogP contribution in [0.15, 0.2) is 17.1 Å². The van der Waals surface area contributed by atoms with Crippen LogP contribution in [0.25, 0.3) is 0 Å². The van der Waals surface area contributed by atoms with Crippen molar-refractivity contribution in [2.75, 3.05) is 6.61 Å². The van der Waals surface area contributed by atoms with Crippen molar-refractivity contribution in [2.45, 2.75) is 57.9 Å². The molecule has 0 amide bonds. The first kappa shape index (κ1) is 14.3. The molecule has 1 aromatic rings. The topological polar surface area (TPSA) is 38.7 Å². The Kier molecular flexibility index (Phi) is 3.86. The first-order chi connectivity index (χ1) is 10.1. The normalized spacial score (nSPS) is 20.1. The standard InChI is InChI=1S/C18H23NO2/c1-13-9-16(18(19-12-20)7-4-8-18)17(10-14(13)2)21-11-15-5-3-6-15/h9-10,15H,3-8,11H2,1-2H3. The SMILES string of the molecule is Cc1cc(OCC2CCC2)c(C2(N=C=O)CCC2)cc1C. The van der Waals surface area contributed by atoms with Crippen molar-refractivity contribution in [1.29, 1.82) is 0 Å². The molecule has 0 saturated heterocycles. The largest absolute Gasteiger partial charge is 0.493 e. The van der Waals surface area contributed by atoms with Crippen LogP contribution in [0.5, 0.6) is 5.75 Å². The first-order valence-corrected chi connectivity index (χ1v) is 7.98. The molecule has 0 aliphatic heterocycles. The summed E-state index contributed by atoms with van der Waals surface area (Å²) >= 11 is 0. The van der Waals surface area contributed by atoms with Gasteiger partial charge in [0.1, 0.15) is 11.3 Å². The van der Waals surface area contributed by atoms with Crippen LogP contribution in [0.4, 0.5) is 0 Å². The number of ether oxygens (including phenoxy) is 1. The van der Waals surface area contributed by atoms with Crippen LogP contribution in [0.3, 0.4) is 0 Å². The molecule has 3 rings (SSSR count). The number of benzene rings is 1. The Hall–Kier alpha value is -1.60. The van der Waals surface area contributed by atoms with Crippen molar-refractivity contribution in [2.24, 2.45) is 10.9 Å². The van der Waals surface area contributed by atoms with Crippen LogP contribution in [0.2, 0.25) is 0 Å². The summed E-state index contributed by atoms with van der Waals surface area (Å²) in [7, 11) is 0. The number of aliphatic imine (C=N–C) groups is 1. The van der Waals surface area contributed by atoms with Crippen LogP contribution in [-0.4, -0.2) is 12.7 Å². The van der Waals surface area contributed by atoms with Crippen LogP contribution < -0.4 is 4.74 Å². The van der Waals surface area contributed by atoms with Crippen molar-refractivity contribution >= 4 is 6.08 Å². The number of carbonyl (C=O) groups excluding carboxylic acids is 1. The zero-order chi connectivity index (χ0) is 14.9. The Morgan fingerprint density at radius 1 is 1.24 bits per heavy atom. The van der Waals surface area contributed by atoms with Gasteiger partial charge in [0.2, 0.25) is 6.08 Å². The summed E-state index contributed by atoms with van der Waals surface area (Å²) < 4.78 is 6.12. The van der Waals surface area contributed by atoms with Crippen molar-refractivity contribution in [3.8, 4) is 5.75 Å². The third-order valence-electron chi connectivity index (χ3n) is 5.24. The van der Waals surface area contributed by atoms with Gasteiger partial charge in [0, 0.05) is 5.56 Å². The first-order valence-electron chi connectivity index (χ1n) is 7.98. The van der Waals surface area contributed by atoms with Crippen molar-refractivity contribution in [3.63, 3.8) is 0 Å². The highest BCUT2D eigenvalue weighted by Gasteiger charge is 2.41. The predicted octanol–water partition coefficient (Wildman–Crippen LogP) is 4.20. The van der Waals surface area contributed by atoms with Gasteiger partial charge in [-0.1, -0.05) is 6.42 Å². The number of isocyanates is 1. The Morgan fingerprint density at radius 2 is 1.95 bits per heavy atom. The van der Waals surface area contributed by atoms with Crippen LogP contribution in [-0.2, 0) is 10.3 Å². The van der Waals surface area contributed by atoms with E-state index in [1.165, 1.54) is 30.4 Å². The number of aryl methyl sites for hydroxylation is 2. The van der Waals surface area contributed by atoms with E-state index >= 15 is 0 Å². The molecular weight excluding hydrogens is 262 g/mol. The number of rotatable bonds is 5. The van der Waals surface area contributed by atoms with E-state index in [1.807, 2.05) is 0 Å². The maximum atomic E-state index is 10.8. The van der Waals surface area contributed by atoms with Gasteiger partial charge in [0.15, 0.2) is 0 Å². The van der Waals surface area contributed by atoms with Crippen LogP contribution in [0, 0.1) is 19.8 Å². The average molecular weight is 285 g/mol. The summed E-state index contributed by atoms with van der Waals surface area (Å²) in [5, 5.41) is 0. The Labute approximate surface area is 126 Å². The lowest BCUT2D eigenvalue weighted by atomic mass is 9.71. The average Bonchev–Trinajstić information content (AvgIpc) is 2.36. The summed E-state index contributed by atoms with van der Waals surface area (Å²) in [6.07, 6.45) is 8.61. The summed E-state index contributed by atoms with van der Waals surface area (Å²) in [4.78, 5) is 15.0. The molecule has 2 aliphatic carbocycles. The molecule has 0 atom stereocenters. The zero-order valence-corrected chi connectivity index (χ0v) is 12.9. The molecule has 0 N–H and O–H groups in total. The summed E-state index contributed by atoms with van der Waals surface area (Å²) in [6.45, 7) is 4.99. The molecule has 0 bridgehead atoms. The quantitative estimate of drug-likeness (QED) is 0.601. The third-order valence-corrected chi connectivity index (χ3v) is 5.24. The second kappa shape index (κ2) is 5.65. The fourth-order valence-electron chi connectivity index (χ4n) is 3.18. The fraction of sp³-hybridized carbons (Fsp3) is 0.611. The van der Waals surface area contributed by atoms with E-state index in [1.54, 1.807) is 6.08 Å². The highest BCUT2D eigenvalue weighted by Crippen LogP contribution is 2.48. The molecule has 0 radical (unpaired) electrons. The Bertz CT molecular complexity index is 579. The zero-order valence-electron chi connectivity index (χ0n) is 12.9. The lowest BCUT2D eigenvalue weighted by molar-refractivity contribution is 0.171. The molecule has 0 heterocycles. The summed E-state index contributed by atoms with van der Waals surface area (Å²) in [6, 6.07) is 4.27. The second-order valence-electron chi connectivity index (χ2n) is 6.63. The van der Waals surface area contributed by atoms with Crippen molar-refractivity contribution < 1.29 is 9.53 Å². The molecule has 2 saturated carbocycles. The monoisotopic (exact) mass is 285 g/mol. The second-order valence-corrected chi connectivity index (χ2v) is 6.63. The van der Waals surface area contributed by atoms with Crippen LogP contribution >= 0.6 is 0 Å². The minimum atomic E-state index is -0.380. The van der Waals surface area contributed by atoms with Gasteiger partial charge >= 0.3 is 0 Å². The molecule has 0 spiro atoms. The van der Waals surface area contributed by atoms with Gasteiger partial charge in [-0.15, -0.1) is 0 Å². The van der Waals surface area contributed by atoms with E-state index in [0.29, 0.717) is 5.92 Å². The number of hydrogen-bond donors (Lipinski definition) is 0. The Balaban J connectivity index is 1.92. The lowest BCUT2D eigenvalue weighted by Gasteiger charge is -2.38. The molecular formula is C18H23NO2. The van der Waals surface area contributed by atoms with E-state index in [-0.39, 0.29) is 5.54 Å². The van der Waals surface area contributed by atoms with E-state index < -0.39 is 0 Å². The third kappa shape index (κ3) is 2.63. The molecule has 112 valence electrons. The van der Waals surface area contributed by atoms with Crippen molar-refractivity contribution in [3.05, 3.63) is 28.8 Å². The minimum absolute atomic E-state index is 0.380. The summed E-state index contributed by atoms with van der Waals surface area (Å²) in [5.74, 6) is 1.62.